The summed E-state index contributed by atoms with van der Waals surface area (Å²) >= 11 is 0. The number of piperidine rings is 1. The van der Waals surface area contributed by atoms with E-state index in [1.54, 1.807) is 11.1 Å². The van der Waals surface area contributed by atoms with E-state index in [1.165, 1.54) is 97.1 Å². The number of nitrogens with zero attached hydrogens (tertiary/aromatic N) is 2. The lowest BCUT2D eigenvalue weighted by atomic mass is 9.60. The molecule has 0 bridgehead atoms. The molecule has 0 amide bonds. The number of rotatable bonds is 5. The Hall–Kier alpha value is -0.900. The Balaban J connectivity index is 1.33. The lowest BCUT2D eigenvalue weighted by molar-refractivity contribution is -0.0659. The third-order valence-corrected chi connectivity index (χ3v) is 9.19. The molecule has 1 N–H and O–H groups in total. The molecule has 2 saturated heterocycles. The molecule has 3 heteroatoms. The maximum absolute atomic E-state index is 3.58. The van der Waals surface area contributed by atoms with Crippen LogP contribution >= 0.6 is 0 Å². The van der Waals surface area contributed by atoms with E-state index in [-0.39, 0.29) is 0 Å². The van der Waals surface area contributed by atoms with Gasteiger partial charge in [-0.2, -0.15) is 0 Å². The zero-order chi connectivity index (χ0) is 21.3. The zero-order valence-corrected chi connectivity index (χ0v) is 20.1. The highest BCUT2D eigenvalue weighted by atomic mass is 15.3. The van der Waals surface area contributed by atoms with E-state index >= 15 is 0 Å². The maximum atomic E-state index is 3.58. The average molecular weight is 424 g/mol. The highest BCUT2D eigenvalue weighted by Crippen LogP contribution is 2.52. The quantitative estimate of drug-likeness (QED) is 0.667. The number of hydrogen-bond donors (Lipinski definition) is 1. The predicted molar refractivity (Wildman–Crippen MR) is 131 cm³/mol. The van der Waals surface area contributed by atoms with E-state index in [1.807, 2.05) is 0 Å². The van der Waals surface area contributed by atoms with Crippen LogP contribution in [0.5, 0.6) is 0 Å². The Morgan fingerprint density at radius 3 is 2.48 bits per heavy atom. The second kappa shape index (κ2) is 9.53. The van der Waals surface area contributed by atoms with E-state index in [2.05, 4.69) is 53.2 Å². The standard InChI is InChI=1S/C28H45N3/c1-22(2)25-10-6-7-11-26(25)27-21-30(20-23-8-4-3-5-9-23)16-17-31(27)24-18-28(19-24)12-14-29-15-13-28/h6-7,10-11,22-24,27,29H,3-5,8-9,12-21H2,1-2H3. The van der Waals surface area contributed by atoms with Gasteiger partial charge in [0.25, 0.3) is 0 Å². The van der Waals surface area contributed by atoms with Crippen molar-refractivity contribution in [2.24, 2.45) is 11.3 Å². The van der Waals surface area contributed by atoms with Crippen LogP contribution in [0.15, 0.2) is 24.3 Å². The molecule has 172 valence electrons. The molecule has 1 aromatic carbocycles. The molecule has 0 radical (unpaired) electrons. The minimum Gasteiger partial charge on any atom is -0.317 e. The monoisotopic (exact) mass is 423 g/mol. The molecule has 4 fully saturated rings. The van der Waals surface area contributed by atoms with Gasteiger partial charge in [-0.25, -0.2) is 0 Å². The van der Waals surface area contributed by atoms with Gasteiger partial charge in [0.1, 0.15) is 0 Å². The molecule has 2 aliphatic carbocycles. The Labute approximate surface area is 191 Å². The smallest absolute Gasteiger partial charge is 0.0481 e. The van der Waals surface area contributed by atoms with Crippen LogP contribution in [-0.4, -0.2) is 55.1 Å². The molecule has 2 saturated carbocycles. The maximum Gasteiger partial charge on any atom is 0.0481 e. The molecule has 1 aromatic rings. The summed E-state index contributed by atoms with van der Waals surface area (Å²) in [6.07, 6.45) is 13.0. The highest BCUT2D eigenvalue weighted by Gasteiger charge is 2.49. The molecule has 3 nitrogen and oxygen atoms in total. The Bertz CT molecular complexity index is 709. The minimum absolute atomic E-state index is 0.583. The van der Waals surface area contributed by atoms with Gasteiger partial charge in [-0.15, -0.1) is 0 Å². The van der Waals surface area contributed by atoms with Gasteiger partial charge in [0.05, 0.1) is 0 Å². The first-order valence-corrected chi connectivity index (χ1v) is 13.4. The summed E-state index contributed by atoms with van der Waals surface area (Å²) in [4.78, 5) is 5.79. The van der Waals surface area contributed by atoms with Crippen molar-refractivity contribution in [3.8, 4) is 0 Å². The summed E-state index contributed by atoms with van der Waals surface area (Å²) in [5.74, 6) is 1.55. The molecular weight excluding hydrogens is 378 g/mol. The first kappa shape index (κ1) is 21.9. The second-order valence-corrected chi connectivity index (χ2v) is 11.6. The Morgan fingerprint density at radius 2 is 1.74 bits per heavy atom. The van der Waals surface area contributed by atoms with Gasteiger partial charge in [-0.05, 0) is 80.0 Å². The van der Waals surface area contributed by atoms with Crippen molar-refractivity contribution in [2.45, 2.75) is 89.6 Å². The van der Waals surface area contributed by atoms with E-state index in [0.29, 0.717) is 17.4 Å². The Morgan fingerprint density at radius 1 is 1.00 bits per heavy atom. The number of benzene rings is 1. The lowest BCUT2D eigenvalue weighted by Crippen LogP contribution is -2.60. The molecule has 2 heterocycles. The van der Waals surface area contributed by atoms with E-state index in [0.717, 1.165) is 12.0 Å². The SMILES string of the molecule is CC(C)c1ccccc1C1CN(CC2CCCCC2)CCN1C1CC2(CCNCC2)C1. The van der Waals surface area contributed by atoms with Gasteiger partial charge in [-0.1, -0.05) is 57.4 Å². The summed E-state index contributed by atoms with van der Waals surface area (Å²) in [5, 5.41) is 3.58. The van der Waals surface area contributed by atoms with Gasteiger partial charge in [-0.3, -0.25) is 9.80 Å². The largest absolute Gasteiger partial charge is 0.317 e. The van der Waals surface area contributed by atoms with Gasteiger partial charge in [0.15, 0.2) is 0 Å². The second-order valence-electron chi connectivity index (χ2n) is 11.6. The van der Waals surface area contributed by atoms with Crippen molar-refractivity contribution in [3.05, 3.63) is 35.4 Å². The molecule has 1 spiro atoms. The predicted octanol–water partition coefficient (Wildman–Crippen LogP) is 5.58. The van der Waals surface area contributed by atoms with Crippen molar-refractivity contribution in [1.82, 2.24) is 15.1 Å². The zero-order valence-electron chi connectivity index (χ0n) is 20.1. The van der Waals surface area contributed by atoms with Crippen LogP contribution in [-0.2, 0) is 0 Å². The molecule has 1 atom stereocenters. The molecule has 5 rings (SSSR count). The van der Waals surface area contributed by atoms with Crippen LogP contribution < -0.4 is 5.32 Å². The fraction of sp³-hybridized carbons (Fsp3) is 0.786. The highest BCUT2D eigenvalue weighted by molar-refractivity contribution is 5.33. The fourth-order valence-corrected chi connectivity index (χ4v) is 7.35. The van der Waals surface area contributed by atoms with Gasteiger partial charge in [0.2, 0.25) is 0 Å². The fourth-order valence-electron chi connectivity index (χ4n) is 7.35. The summed E-state index contributed by atoms with van der Waals surface area (Å²) in [6.45, 7) is 12.4. The topological polar surface area (TPSA) is 18.5 Å². The van der Waals surface area contributed by atoms with Crippen molar-refractivity contribution < 1.29 is 0 Å². The number of hydrogen-bond acceptors (Lipinski definition) is 3. The van der Waals surface area contributed by atoms with Crippen molar-refractivity contribution in [1.29, 1.82) is 0 Å². The minimum atomic E-state index is 0.583. The lowest BCUT2D eigenvalue weighted by Gasteiger charge is -2.57. The van der Waals surface area contributed by atoms with Crippen LogP contribution in [0.2, 0.25) is 0 Å². The molecule has 4 aliphatic rings. The molecule has 2 aliphatic heterocycles. The summed E-state index contributed by atoms with van der Waals surface area (Å²) in [5.41, 5.74) is 3.86. The summed E-state index contributed by atoms with van der Waals surface area (Å²) in [7, 11) is 0. The van der Waals surface area contributed by atoms with Crippen molar-refractivity contribution in [3.63, 3.8) is 0 Å². The third kappa shape index (κ3) is 4.75. The summed E-state index contributed by atoms with van der Waals surface area (Å²) in [6, 6.07) is 10.8. The van der Waals surface area contributed by atoms with Crippen LogP contribution in [0.4, 0.5) is 0 Å². The first-order valence-electron chi connectivity index (χ1n) is 13.4. The average Bonchev–Trinajstić information content (AvgIpc) is 2.79. The van der Waals surface area contributed by atoms with E-state index in [9.17, 15) is 0 Å². The van der Waals surface area contributed by atoms with Crippen molar-refractivity contribution >= 4 is 0 Å². The normalized spacial score (nSPS) is 28.8. The summed E-state index contributed by atoms with van der Waals surface area (Å²) < 4.78 is 0. The Kier molecular flexibility index (Phi) is 6.74. The van der Waals surface area contributed by atoms with Crippen LogP contribution in [0.3, 0.4) is 0 Å². The van der Waals surface area contributed by atoms with Crippen LogP contribution in [0.1, 0.15) is 94.7 Å². The van der Waals surface area contributed by atoms with Crippen molar-refractivity contribution in [2.75, 3.05) is 39.3 Å². The van der Waals surface area contributed by atoms with E-state index in [4.69, 9.17) is 0 Å². The number of nitrogens with one attached hydrogen (secondary N) is 1. The third-order valence-electron chi connectivity index (χ3n) is 9.19. The van der Waals surface area contributed by atoms with Gasteiger partial charge in [0, 0.05) is 38.3 Å². The van der Waals surface area contributed by atoms with Gasteiger partial charge >= 0.3 is 0 Å². The molecule has 0 aromatic heterocycles. The van der Waals surface area contributed by atoms with Gasteiger partial charge < -0.3 is 5.32 Å². The van der Waals surface area contributed by atoms with E-state index < -0.39 is 0 Å². The van der Waals surface area contributed by atoms with Crippen LogP contribution in [0, 0.1) is 11.3 Å². The molecule has 31 heavy (non-hydrogen) atoms. The molecular formula is C28H45N3. The first-order chi connectivity index (χ1) is 15.1. The number of piperazine rings is 1. The molecule has 1 unspecified atom stereocenters. The van der Waals surface area contributed by atoms with Crippen LogP contribution in [0.25, 0.3) is 0 Å².